The number of hydrogen-bond acceptors (Lipinski definition) is 6. The van der Waals surface area contributed by atoms with Crippen LogP contribution in [0.3, 0.4) is 0 Å². The van der Waals surface area contributed by atoms with Gasteiger partial charge in [0, 0.05) is 39.1 Å². The van der Waals surface area contributed by atoms with Crippen LogP contribution in [-0.4, -0.2) is 18.9 Å². The Bertz CT molecular complexity index is 1080. The van der Waals surface area contributed by atoms with Gasteiger partial charge in [-0.25, -0.2) is 9.18 Å². The number of ether oxygens (including phenoxy) is 2. The monoisotopic (exact) mass is 441 g/mol. The molecule has 1 aliphatic carbocycles. The number of aryl methyl sites for hydroxylation is 1. The van der Waals surface area contributed by atoms with Gasteiger partial charge >= 0.3 is 5.97 Å². The van der Waals surface area contributed by atoms with Crippen LogP contribution in [-0.2, 0) is 20.9 Å². The number of Topliss-reactive ketones (excluding diaryl/α,β-unsaturated/α-hetero) is 1. The SMILES string of the molecule is COC(=O)C1=C(C)NC2=CCCC(=O)C2C1c1cc(COc2ccc(F)cc2)c(C)s1. The summed E-state index contributed by atoms with van der Waals surface area (Å²) in [7, 11) is 1.36. The Morgan fingerprint density at radius 1 is 1.23 bits per heavy atom. The number of hydrogen-bond donors (Lipinski definition) is 1. The van der Waals surface area contributed by atoms with Gasteiger partial charge in [0.15, 0.2) is 0 Å². The molecule has 5 nitrogen and oxygen atoms in total. The Labute approximate surface area is 184 Å². The fraction of sp³-hybridized carbons (Fsp3) is 0.333. The predicted octanol–water partition coefficient (Wildman–Crippen LogP) is 4.77. The summed E-state index contributed by atoms with van der Waals surface area (Å²) in [6.07, 6.45) is 3.21. The van der Waals surface area contributed by atoms with Crippen LogP contribution in [0.15, 0.2) is 53.4 Å². The first-order chi connectivity index (χ1) is 14.9. The van der Waals surface area contributed by atoms with E-state index in [-0.39, 0.29) is 11.6 Å². The molecule has 162 valence electrons. The maximum atomic E-state index is 13.1. The average Bonchev–Trinajstić information content (AvgIpc) is 3.12. The number of halogens is 1. The van der Waals surface area contributed by atoms with Gasteiger partial charge in [-0.1, -0.05) is 6.08 Å². The molecular formula is C24H24FNO4S. The van der Waals surface area contributed by atoms with Crippen molar-refractivity contribution < 1.29 is 23.5 Å². The zero-order chi connectivity index (χ0) is 22.1. The number of carbonyl (C=O) groups is 2. The first kappa shape index (κ1) is 21.3. The van der Waals surface area contributed by atoms with Gasteiger partial charge in [-0.2, -0.15) is 0 Å². The lowest BCUT2D eigenvalue weighted by molar-refractivity contribution is -0.136. The molecule has 2 aliphatic rings. The highest BCUT2D eigenvalue weighted by Crippen LogP contribution is 2.46. The van der Waals surface area contributed by atoms with Crippen molar-refractivity contribution in [2.75, 3.05) is 7.11 Å². The molecule has 1 N–H and O–H groups in total. The molecule has 1 aromatic carbocycles. The standard InChI is InChI=1S/C24H24FNO4S/c1-13-21(24(28)29-3)23(22-18(26-13)5-4-6-19(22)27)20-11-15(14(2)31-20)12-30-17-9-7-16(25)8-10-17/h5,7-11,22-23,26H,4,6,12H2,1-3H3. The van der Waals surface area contributed by atoms with Crippen molar-refractivity contribution in [1.29, 1.82) is 0 Å². The van der Waals surface area contributed by atoms with E-state index in [0.29, 0.717) is 36.5 Å². The molecule has 1 aliphatic heterocycles. The first-order valence-electron chi connectivity index (χ1n) is 10.2. The number of ketones is 1. The van der Waals surface area contributed by atoms with Crippen LogP contribution in [0.4, 0.5) is 4.39 Å². The summed E-state index contributed by atoms with van der Waals surface area (Å²) in [6.45, 7) is 4.15. The van der Waals surface area contributed by atoms with E-state index in [9.17, 15) is 14.0 Å². The molecule has 4 rings (SSSR count). The second-order valence-electron chi connectivity index (χ2n) is 7.75. The van der Waals surface area contributed by atoms with E-state index in [1.807, 2.05) is 19.9 Å². The minimum atomic E-state index is -0.428. The van der Waals surface area contributed by atoms with Crippen LogP contribution in [0.25, 0.3) is 0 Å². The Hall–Kier alpha value is -2.93. The van der Waals surface area contributed by atoms with Crippen molar-refractivity contribution in [3.8, 4) is 5.75 Å². The highest BCUT2D eigenvalue weighted by molar-refractivity contribution is 7.12. The highest BCUT2D eigenvalue weighted by Gasteiger charge is 2.44. The smallest absolute Gasteiger partial charge is 0.336 e. The van der Waals surface area contributed by atoms with Gasteiger partial charge in [0.2, 0.25) is 0 Å². The van der Waals surface area contributed by atoms with Gasteiger partial charge in [0.25, 0.3) is 0 Å². The van der Waals surface area contributed by atoms with Crippen molar-refractivity contribution in [3.63, 3.8) is 0 Å². The van der Waals surface area contributed by atoms with E-state index >= 15 is 0 Å². The largest absolute Gasteiger partial charge is 0.489 e. The third-order valence-electron chi connectivity index (χ3n) is 5.78. The first-order valence-corrected chi connectivity index (χ1v) is 11.0. The van der Waals surface area contributed by atoms with E-state index in [2.05, 4.69) is 11.4 Å². The number of fused-ring (bicyclic) bond motifs is 1. The second kappa shape index (κ2) is 8.67. The summed E-state index contributed by atoms with van der Waals surface area (Å²) in [5.74, 6) is -0.854. The summed E-state index contributed by atoms with van der Waals surface area (Å²) in [4.78, 5) is 27.6. The fourth-order valence-corrected chi connectivity index (χ4v) is 5.42. The Kier molecular flexibility index (Phi) is 5.96. The van der Waals surface area contributed by atoms with E-state index in [0.717, 1.165) is 21.0 Å². The number of methoxy groups -OCH3 is 1. The zero-order valence-electron chi connectivity index (χ0n) is 17.7. The molecule has 0 fully saturated rings. The van der Waals surface area contributed by atoms with Crippen LogP contribution in [0, 0.1) is 18.7 Å². The maximum absolute atomic E-state index is 13.1. The molecular weight excluding hydrogens is 417 g/mol. The summed E-state index contributed by atoms with van der Waals surface area (Å²) < 4.78 is 24.0. The molecule has 2 heterocycles. The quantitative estimate of drug-likeness (QED) is 0.677. The molecule has 31 heavy (non-hydrogen) atoms. The van der Waals surface area contributed by atoms with E-state index in [1.165, 1.54) is 19.2 Å². The molecule has 1 aromatic heterocycles. The van der Waals surface area contributed by atoms with E-state index in [4.69, 9.17) is 9.47 Å². The van der Waals surface area contributed by atoms with Crippen LogP contribution >= 0.6 is 11.3 Å². The molecule has 2 aromatic rings. The number of nitrogens with one attached hydrogen (secondary N) is 1. The molecule has 7 heteroatoms. The molecule has 0 radical (unpaired) electrons. The molecule has 0 bridgehead atoms. The fourth-order valence-electron chi connectivity index (χ4n) is 4.23. The van der Waals surface area contributed by atoms with Crippen molar-refractivity contribution in [2.24, 2.45) is 5.92 Å². The zero-order valence-corrected chi connectivity index (χ0v) is 18.5. The van der Waals surface area contributed by atoms with Gasteiger partial charge in [-0.15, -0.1) is 11.3 Å². The predicted molar refractivity (Wildman–Crippen MR) is 116 cm³/mol. The van der Waals surface area contributed by atoms with E-state index in [1.54, 1.807) is 23.5 Å². The Balaban J connectivity index is 1.69. The topological polar surface area (TPSA) is 64.6 Å². The lowest BCUT2D eigenvalue weighted by atomic mass is 9.73. The number of carbonyl (C=O) groups excluding carboxylic acids is 2. The molecule has 0 spiro atoms. The van der Waals surface area contributed by atoms with E-state index < -0.39 is 17.8 Å². The summed E-state index contributed by atoms with van der Waals surface area (Å²) in [6, 6.07) is 7.90. The third-order valence-corrected chi connectivity index (χ3v) is 6.95. The van der Waals surface area contributed by atoms with Crippen LogP contribution < -0.4 is 10.1 Å². The van der Waals surface area contributed by atoms with Gasteiger partial charge < -0.3 is 14.8 Å². The van der Waals surface area contributed by atoms with Gasteiger partial charge in [0.1, 0.15) is 24.0 Å². The number of benzene rings is 1. The Morgan fingerprint density at radius 2 is 1.97 bits per heavy atom. The van der Waals surface area contributed by atoms with Gasteiger partial charge in [-0.05, 0) is 50.6 Å². The third kappa shape index (κ3) is 4.14. The summed E-state index contributed by atoms with van der Waals surface area (Å²) in [5, 5.41) is 3.25. The van der Waals surface area contributed by atoms with Crippen molar-refractivity contribution in [1.82, 2.24) is 5.32 Å². The summed E-state index contributed by atoms with van der Waals surface area (Å²) in [5.41, 5.74) is 3.04. The molecule has 0 saturated carbocycles. The van der Waals surface area contributed by atoms with Crippen LogP contribution in [0.2, 0.25) is 0 Å². The van der Waals surface area contributed by atoms with Crippen LogP contribution in [0.1, 0.15) is 41.0 Å². The molecule has 2 unspecified atom stereocenters. The highest BCUT2D eigenvalue weighted by atomic mass is 32.1. The average molecular weight is 442 g/mol. The summed E-state index contributed by atoms with van der Waals surface area (Å²) >= 11 is 1.56. The number of rotatable bonds is 5. The Morgan fingerprint density at radius 3 is 2.68 bits per heavy atom. The number of esters is 1. The maximum Gasteiger partial charge on any atom is 0.336 e. The van der Waals surface area contributed by atoms with Gasteiger partial charge in [0.05, 0.1) is 18.6 Å². The normalized spacial score (nSPS) is 20.6. The second-order valence-corrected chi connectivity index (χ2v) is 9.04. The molecule has 0 saturated heterocycles. The molecule has 0 amide bonds. The lowest BCUT2D eigenvalue weighted by Gasteiger charge is -2.37. The number of thiophene rings is 1. The van der Waals surface area contributed by atoms with Gasteiger partial charge in [-0.3, -0.25) is 4.79 Å². The number of allylic oxidation sites excluding steroid dienone is 3. The van der Waals surface area contributed by atoms with Crippen molar-refractivity contribution in [3.05, 3.63) is 74.5 Å². The molecule has 2 atom stereocenters. The minimum absolute atomic E-state index is 0.124. The van der Waals surface area contributed by atoms with Crippen LogP contribution in [0.5, 0.6) is 5.75 Å². The van der Waals surface area contributed by atoms with Crippen molar-refractivity contribution in [2.45, 2.75) is 39.2 Å². The van der Waals surface area contributed by atoms with Crippen molar-refractivity contribution >= 4 is 23.1 Å². The lowest BCUT2D eigenvalue weighted by Crippen LogP contribution is -2.40. The minimum Gasteiger partial charge on any atom is -0.489 e.